The molecule has 1 nitrogen and oxygen atoms in total. The molecule has 1 aromatic carbocycles. The molecule has 2 heteroatoms. The lowest BCUT2D eigenvalue weighted by Gasteiger charge is -2.11. The van der Waals surface area contributed by atoms with Gasteiger partial charge in [-0.25, -0.2) is 0 Å². The maximum Gasteiger partial charge on any atom is 0.119 e. The van der Waals surface area contributed by atoms with E-state index in [0.717, 1.165) is 17.1 Å². The van der Waals surface area contributed by atoms with Crippen LogP contribution in [-0.4, -0.2) is 6.10 Å². The van der Waals surface area contributed by atoms with E-state index in [1.807, 2.05) is 24.3 Å². The molecule has 0 fully saturated rings. The minimum Gasteiger partial charge on any atom is -0.491 e. The van der Waals surface area contributed by atoms with Crippen LogP contribution < -0.4 is 4.74 Å². The molecule has 12 heavy (non-hydrogen) atoms. The van der Waals surface area contributed by atoms with E-state index in [2.05, 4.69) is 26.5 Å². The highest BCUT2D eigenvalue weighted by atomic mass is 32.1. The smallest absolute Gasteiger partial charge is 0.119 e. The van der Waals surface area contributed by atoms with Crippen molar-refractivity contribution in [2.24, 2.45) is 0 Å². The Bertz CT molecular complexity index is 230. The molecule has 0 bridgehead atoms. The second-order valence-corrected chi connectivity index (χ2v) is 3.35. The molecular formula is C10H14OS. The third-order valence-corrected chi connectivity index (χ3v) is 2.05. The lowest BCUT2D eigenvalue weighted by Crippen LogP contribution is -2.09. The van der Waals surface area contributed by atoms with E-state index in [0.29, 0.717) is 0 Å². The number of ether oxygens (including phenoxy) is 1. The van der Waals surface area contributed by atoms with Gasteiger partial charge in [-0.1, -0.05) is 6.92 Å². The number of hydrogen-bond acceptors (Lipinski definition) is 2. The highest BCUT2D eigenvalue weighted by Crippen LogP contribution is 2.16. The molecule has 0 radical (unpaired) electrons. The van der Waals surface area contributed by atoms with Gasteiger partial charge in [-0.3, -0.25) is 0 Å². The van der Waals surface area contributed by atoms with Crippen molar-refractivity contribution in [3.8, 4) is 5.75 Å². The predicted molar refractivity (Wildman–Crippen MR) is 54.1 cm³/mol. The molecule has 0 N–H and O–H groups in total. The van der Waals surface area contributed by atoms with Crippen molar-refractivity contribution in [3.63, 3.8) is 0 Å². The molecule has 0 aliphatic rings. The van der Waals surface area contributed by atoms with Crippen LogP contribution >= 0.6 is 12.6 Å². The van der Waals surface area contributed by atoms with Crippen molar-refractivity contribution in [2.45, 2.75) is 31.3 Å². The van der Waals surface area contributed by atoms with E-state index in [4.69, 9.17) is 4.74 Å². The first-order valence-electron chi connectivity index (χ1n) is 4.18. The van der Waals surface area contributed by atoms with E-state index in [1.54, 1.807) is 0 Å². The minimum absolute atomic E-state index is 0.288. The zero-order valence-electron chi connectivity index (χ0n) is 7.45. The van der Waals surface area contributed by atoms with E-state index >= 15 is 0 Å². The normalized spacial score (nSPS) is 12.6. The maximum atomic E-state index is 5.58. The summed E-state index contributed by atoms with van der Waals surface area (Å²) in [6, 6.07) is 7.74. The summed E-state index contributed by atoms with van der Waals surface area (Å²) in [7, 11) is 0. The zero-order chi connectivity index (χ0) is 8.97. The summed E-state index contributed by atoms with van der Waals surface area (Å²) >= 11 is 4.19. The lowest BCUT2D eigenvalue weighted by molar-refractivity contribution is 0.217. The average molecular weight is 182 g/mol. The van der Waals surface area contributed by atoms with Crippen molar-refractivity contribution in [1.82, 2.24) is 0 Å². The molecule has 0 saturated carbocycles. The van der Waals surface area contributed by atoms with Gasteiger partial charge >= 0.3 is 0 Å². The Hall–Kier alpha value is -0.630. The van der Waals surface area contributed by atoms with Crippen molar-refractivity contribution in [2.75, 3.05) is 0 Å². The molecule has 0 aliphatic heterocycles. The van der Waals surface area contributed by atoms with Crippen LogP contribution in [-0.2, 0) is 0 Å². The third-order valence-electron chi connectivity index (χ3n) is 1.75. The van der Waals surface area contributed by atoms with Crippen LogP contribution in [0.25, 0.3) is 0 Å². The summed E-state index contributed by atoms with van der Waals surface area (Å²) < 4.78 is 5.58. The maximum absolute atomic E-state index is 5.58. The van der Waals surface area contributed by atoms with Crippen LogP contribution in [0.5, 0.6) is 5.75 Å². The average Bonchev–Trinajstić information content (AvgIpc) is 2.09. The Kier molecular flexibility index (Phi) is 3.48. The second-order valence-electron chi connectivity index (χ2n) is 2.83. The molecule has 0 spiro atoms. The summed E-state index contributed by atoms with van der Waals surface area (Å²) in [5, 5.41) is 0. The number of benzene rings is 1. The van der Waals surface area contributed by atoms with E-state index in [-0.39, 0.29) is 6.10 Å². The minimum atomic E-state index is 0.288. The van der Waals surface area contributed by atoms with Gasteiger partial charge in [0.25, 0.3) is 0 Å². The summed E-state index contributed by atoms with van der Waals surface area (Å²) in [6.45, 7) is 4.17. The van der Waals surface area contributed by atoms with Gasteiger partial charge in [-0.2, -0.15) is 0 Å². The van der Waals surface area contributed by atoms with Gasteiger partial charge in [0.2, 0.25) is 0 Å². The Balaban J connectivity index is 2.58. The summed E-state index contributed by atoms with van der Waals surface area (Å²) in [5.41, 5.74) is 0. The van der Waals surface area contributed by atoms with Gasteiger partial charge in [0, 0.05) is 4.90 Å². The SMILES string of the molecule is CCC(C)Oc1ccc(S)cc1. The molecule has 1 atom stereocenters. The van der Waals surface area contributed by atoms with Crippen molar-refractivity contribution in [3.05, 3.63) is 24.3 Å². The second kappa shape index (κ2) is 4.41. The molecule has 0 aromatic heterocycles. The first kappa shape index (κ1) is 9.46. The Morgan fingerprint density at radius 1 is 1.33 bits per heavy atom. The van der Waals surface area contributed by atoms with E-state index < -0.39 is 0 Å². The van der Waals surface area contributed by atoms with E-state index in [1.165, 1.54) is 0 Å². The van der Waals surface area contributed by atoms with Gasteiger partial charge in [-0.05, 0) is 37.6 Å². The molecule has 1 rings (SSSR count). The first-order valence-corrected chi connectivity index (χ1v) is 4.62. The first-order chi connectivity index (χ1) is 5.72. The molecule has 0 aliphatic carbocycles. The van der Waals surface area contributed by atoms with Crippen LogP contribution in [0.3, 0.4) is 0 Å². The van der Waals surface area contributed by atoms with Crippen LogP contribution in [0.1, 0.15) is 20.3 Å². The van der Waals surface area contributed by atoms with Crippen molar-refractivity contribution >= 4 is 12.6 Å². The fourth-order valence-corrected chi connectivity index (χ4v) is 0.989. The highest BCUT2D eigenvalue weighted by Gasteiger charge is 1.99. The fraction of sp³-hybridized carbons (Fsp3) is 0.400. The molecule has 0 heterocycles. The van der Waals surface area contributed by atoms with Gasteiger partial charge in [0.05, 0.1) is 6.10 Å². The Morgan fingerprint density at radius 3 is 2.42 bits per heavy atom. The summed E-state index contributed by atoms with van der Waals surface area (Å²) in [4.78, 5) is 0.964. The van der Waals surface area contributed by atoms with Crippen molar-refractivity contribution in [1.29, 1.82) is 0 Å². The zero-order valence-corrected chi connectivity index (χ0v) is 8.34. The molecule has 0 amide bonds. The van der Waals surface area contributed by atoms with E-state index in [9.17, 15) is 0 Å². The Morgan fingerprint density at radius 2 is 1.92 bits per heavy atom. The number of rotatable bonds is 3. The van der Waals surface area contributed by atoms with Crippen LogP contribution in [0, 0.1) is 0 Å². The van der Waals surface area contributed by atoms with Gasteiger partial charge in [0.15, 0.2) is 0 Å². The quantitative estimate of drug-likeness (QED) is 0.706. The van der Waals surface area contributed by atoms with Crippen molar-refractivity contribution < 1.29 is 4.74 Å². The number of thiol groups is 1. The molecule has 66 valence electrons. The fourth-order valence-electron chi connectivity index (χ4n) is 0.840. The monoisotopic (exact) mass is 182 g/mol. The summed E-state index contributed by atoms with van der Waals surface area (Å²) in [6.07, 6.45) is 1.32. The predicted octanol–water partition coefficient (Wildman–Crippen LogP) is 3.15. The van der Waals surface area contributed by atoms with Gasteiger partial charge in [0.1, 0.15) is 5.75 Å². The lowest BCUT2D eigenvalue weighted by atomic mass is 10.3. The van der Waals surface area contributed by atoms with Crippen LogP contribution in [0.15, 0.2) is 29.2 Å². The largest absolute Gasteiger partial charge is 0.491 e. The molecule has 0 saturated heterocycles. The third kappa shape index (κ3) is 2.78. The highest BCUT2D eigenvalue weighted by molar-refractivity contribution is 7.80. The molecule has 1 aromatic rings. The Labute approximate surface area is 79.2 Å². The molecule has 1 unspecified atom stereocenters. The standard InChI is InChI=1S/C10H14OS/c1-3-8(2)11-9-4-6-10(12)7-5-9/h4-8,12H,3H2,1-2H3. The topological polar surface area (TPSA) is 9.23 Å². The van der Waals surface area contributed by atoms with Crippen LogP contribution in [0.2, 0.25) is 0 Å². The number of hydrogen-bond donors (Lipinski definition) is 1. The van der Waals surface area contributed by atoms with Gasteiger partial charge in [-0.15, -0.1) is 12.6 Å². The van der Waals surface area contributed by atoms with Gasteiger partial charge < -0.3 is 4.74 Å². The molecular weight excluding hydrogens is 168 g/mol. The summed E-state index contributed by atoms with van der Waals surface area (Å²) in [5.74, 6) is 0.919. The van der Waals surface area contributed by atoms with Crippen LogP contribution in [0.4, 0.5) is 0 Å².